The Balaban J connectivity index is 0.971. The van der Waals surface area contributed by atoms with Gasteiger partial charge >= 0.3 is 0 Å². The highest BCUT2D eigenvalue weighted by molar-refractivity contribution is 7.15. The lowest BCUT2D eigenvalue weighted by Gasteiger charge is -2.04. The molecule has 0 bridgehead atoms. The molecular weight excluding hydrogens is 564 g/mol. The number of hydrogen-bond acceptors (Lipinski definition) is 10. The Morgan fingerprint density at radius 2 is 1.65 bits per heavy atom. The molecule has 43 heavy (non-hydrogen) atoms. The van der Waals surface area contributed by atoms with E-state index in [0.717, 1.165) is 47.6 Å². The second kappa shape index (κ2) is 14.8. The first-order chi connectivity index (χ1) is 21.0. The first-order valence-electron chi connectivity index (χ1n) is 14.1. The van der Waals surface area contributed by atoms with E-state index in [4.69, 9.17) is 0 Å². The van der Waals surface area contributed by atoms with E-state index in [1.807, 2.05) is 30.5 Å². The number of rotatable bonds is 14. The van der Waals surface area contributed by atoms with Crippen molar-refractivity contribution in [2.45, 2.75) is 58.4 Å². The first kappa shape index (κ1) is 29.6. The van der Waals surface area contributed by atoms with Crippen LogP contribution in [-0.2, 0) is 41.8 Å². The molecule has 0 aliphatic carbocycles. The summed E-state index contributed by atoms with van der Waals surface area (Å²) in [6.45, 7) is 2.69. The van der Waals surface area contributed by atoms with Crippen LogP contribution in [0.4, 0.5) is 10.9 Å². The number of carbonyl (C=O) groups is 2. The number of aryl methyl sites for hydroxylation is 4. The minimum absolute atomic E-state index is 0.153. The van der Waals surface area contributed by atoms with E-state index in [1.54, 1.807) is 16.9 Å². The molecule has 0 saturated carbocycles. The van der Waals surface area contributed by atoms with E-state index in [0.29, 0.717) is 29.6 Å². The maximum atomic E-state index is 12.4. The average Bonchev–Trinajstić information content (AvgIpc) is 3.66. The third kappa shape index (κ3) is 9.57. The SMILES string of the molecule is Cc1ccc(Cn2cc(CCC(=O)Nc3ccc(CCCCc4nnc(NC(=O)Cc5ccccn5)s4)nn3)nn2)cc1. The van der Waals surface area contributed by atoms with E-state index in [-0.39, 0.29) is 24.7 Å². The van der Waals surface area contributed by atoms with Gasteiger partial charge in [0.2, 0.25) is 16.9 Å². The molecule has 4 aromatic heterocycles. The van der Waals surface area contributed by atoms with Crippen molar-refractivity contribution in [1.82, 2.24) is 40.4 Å². The lowest BCUT2D eigenvalue weighted by Crippen LogP contribution is -2.14. The monoisotopic (exact) mass is 596 g/mol. The topological polar surface area (TPSA) is 153 Å². The lowest BCUT2D eigenvalue weighted by molar-refractivity contribution is -0.116. The predicted octanol–water partition coefficient (Wildman–Crippen LogP) is 3.99. The summed E-state index contributed by atoms with van der Waals surface area (Å²) in [5.41, 5.74) is 4.68. The highest BCUT2D eigenvalue weighted by Crippen LogP contribution is 2.18. The highest BCUT2D eigenvalue weighted by Gasteiger charge is 2.11. The number of amides is 2. The van der Waals surface area contributed by atoms with Gasteiger partial charge in [-0.3, -0.25) is 14.6 Å². The summed E-state index contributed by atoms with van der Waals surface area (Å²) in [5, 5.41) is 31.9. The van der Waals surface area contributed by atoms with Crippen molar-refractivity contribution in [2.75, 3.05) is 10.6 Å². The summed E-state index contributed by atoms with van der Waals surface area (Å²) in [6.07, 6.45) is 7.79. The van der Waals surface area contributed by atoms with Crippen LogP contribution < -0.4 is 10.6 Å². The van der Waals surface area contributed by atoms with E-state index in [2.05, 4.69) is 77.5 Å². The Labute approximate surface area is 253 Å². The fourth-order valence-corrected chi connectivity index (χ4v) is 5.03. The molecule has 2 N–H and O–H groups in total. The Morgan fingerprint density at radius 3 is 2.44 bits per heavy atom. The van der Waals surface area contributed by atoms with Crippen molar-refractivity contribution in [2.24, 2.45) is 0 Å². The molecule has 1 aromatic carbocycles. The Hall–Kier alpha value is -4.91. The molecule has 5 rings (SSSR count). The van der Waals surface area contributed by atoms with Crippen molar-refractivity contribution >= 4 is 34.1 Å². The Bertz CT molecular complexity index is 1620. The predicted molar refractivity (Wildman–Crippen MR) is 162 cm³/mol. The zero-order valence-corrected chi connectivity index (χ0v) is 24.6. The minimum Gasteiger partial charge on any atom is -0.309 e. The summed E-state index contributed by atoms with van der Waals surface area (Å²) in [5.74, 6) is 0.0981. The third-order valence-electron chi connectivity index (χ3n) is 6.50. The second-order valence-corrected chi connectivity index (χ2v) is 11.2. The van der Waals surface area contributed by atoms with E-state index < -0.39 is 0 Å². The molecule has 0 fully saturated rings. The summed E-state index contributed by atoms with van der Waals surface area (Å²) in [4.78, 5) is 28.8. The number of benzene rings is 1. The smallest absolute Gasteiger partial charge is 0.232 e. The molecule has 12 nitrogen and oxygen atoms in total. The van der Waals surface area contributed by atoms with Crippen LogP contribution in [0.3, 0.4) is 0 Å². The van der Waals surface area contributed by atoms with Gasteiger partial charge in [-0.2, -0.15) is 5.10 Å². The second-order valence-electron chi connectivity index (χ2n) is 10.1. The van der Waals surface area contributed by atoms with Gasteiger partial charge in [0.05, 0.1) is 24.4 Å². The van der Waals surface area contributed by atoms with Crippen LogP contribution in [-0.4, -0.2) is 52.2 Å². The van der Waals surface area contributed by atoms with Crippen LogP contribution in [0.2, 0.25) is 0 Å². The van der Waals surface area contributed by atoms with Gasteiger partial charge < -0.3 is 10.6 Å². The van der Waals surface area contributed by atoms with Crippen molar-refractivity contribution in [3.8, 4) is 0 Å². The molecule has 5 aromatic rings. The summed E-state index contributed by atoms with van der Waals surface area (Å²) in [6, 6.07) is 17.4. The molecule has 13 heteroatoms. The van der Waals surface area contributed by atoms with Gasteiger partial charge in [-0.15, -0.1) is 20.4 Å². The molecule has 4 heterocycles. The van der Waals surface area contributed by atoms with Crippen LogP contribution in [0.15, 0.2) is 67.0 Å². The fourth-order valence-electron chi connectivity index (χ4n) is 4.24. The number of unbranched alkanes of at least 4 members (excludes halogenated alkanes) is 1. The first-order valence-corrected chi connectivity index (χ1v) is 14.9. The Kier molecular flexibility index (Phi) is 10.2. The molecule has 0 unspecified atom stereocenters. The number of anilines is 2. The zero-order valence-electron chi connectivity index (χ0n) is 23.8. The largest absolute Gasteiger partial charge is 0.309 e. The molecule has 0 aliphatic rings. The van der Waals surface area contributed by atoms with Gasteiger partial charge in [0.1, 0.15) is 5.01 Å². The van der Waals surface area contributed by atoms with Gasteiger partial charge in [0.25, 0.3) is 0 Å². The summed E-state index contributed by atoms with van der Waals surface area (Å²) >= 11 is 1.38. The van der Waals surface area contributed by atoms with Gasteiger partial charge in [-0.05, 0) is 56.0 Å². The van der Waals surface area contributed by atoms with Crippen molar-refractivity contribution in [3.63, 3.8) is 0 Å². The standard InChI is InChI=1S/C30H32N10O2S/c1-21-9-11-22(12-10-21)19-40-20-25(35-39-40)14-16-27(41)32-26-15-13-23(34-36-26)6-2-3-8-29-37-38-30(43-29)33-28(42)18-24-7-4-5-17-31-24/h4-5,7,9-13,15,17,20H,2-3,6,8,14,16,18-19H2,1H3,(H,32,36,41)(H,33,38,42). The van der Waals surface area contributed by atoms with E-state index >= 15 is 0 Å². The number of nitrogens with zero attached hydrogens (tertiary/aromatic N) is 8. The number of nitrogens with one attached hydrogen (secondary N) is 2. The molecule has 0 spiro atoms. The summed E-state index contributed by atoms with van der Waals surface area (Å²) in [7, 11) is 0. The maximum Gasteiger partial charge on any atom is 0.232 e. The zero-order chi connectivity index (χ0) is 29.9. The molecule has 220 valence electrons. The Morgan fingerprint density at radius 1 is 0.791 bits per heavy atom. The van der Waals surface area contributed by atoms with Crippen LogP contribution >= 0.6 is 11.3 Å². The quantitative estimate of drug-likeness (QED) is 0.181. The fraction of sp³-hybridized carbons (Fsp3) is 0.300. The van der Waals surface area contributed by atoms with Crippen LogP contribution in [0.1, 0.15) is 52.5 Å². The minimum atomic E-state index is -0.168. The van der Waals surface area contributed by atoms with Gasteiger partial charge in [-0.25, -0.2) is 4.68 Å². The van der Waals surface area contributed by atoms with Gasteiger partial charge in [0.15, 0.2) is 5.82 Å². The summed E-state index contributed by atoms with van der Waals surface area (Å²) < 4.78 is 1.78. The van der Waals surface area contributed by atoms with Gasteiger partial charge in [-0.1, -0.05) is 52.4 Å². The molecule has 0 saturated heterocycles. The van der Waals surface area contributed by atoms with Crippen LogP contribution in [0, 0.1) is 6.92 Å². The normalized spacial score (nSPS) is 10.9. The number of carbonyl (C=O) groups excluding carboxylic acids is 2. The highest BCUT2D eigenvalue weighted by atomic mass is 32.1. The third-order valence-corrected chi connectivity index (χ3v) is 7.40. The number of aromatic nitrogens is 8. The van der Waals surface area contributed by atoms with Crippen LogP contribution in [0.25, 0.3) is 0 Å². The van der Waals surface area contributed by atoms with Crippen molar-refractivity contribution < 1.29 is 9.59 Å². The lowest BCUT2D eigenvalue weighted by atomic mass is 10.1. The molecule has 0 radical (unpaired) electrons. The number of hydrogen-bond donors (Lipinski definition) is 2. The van der Waals surface area contributed by atoms with Crippen LogP contribution in [0.5, 0.6) is 0 Å². The van der Waals surface area contributed by atoms with Crippen molar-refractivity contribution in [3.05, 3.63) is 100 Å². The molecular formula is C30H32N10O2S. The van der Waals surface area contributed by atoms with Gasteiger partial charge in [0, 0.05) is 37.4 Å². The molecule has 0 atom stereocenters. The molecule has 0 aliphatic heterocycles. The van der Waals surface area contributed by atoms with E-state index in [1.165, 1.54) is 16.9 Å². The average molecular weight is 597 g/mol. The van der Waals surface area contributed by atoms with E-state index in [9.17, 15) is 9.59 Å². The maximum absolute atomic E-state index is 12.4. The number of pyridine rings is 1. The molecule has 2 amide bonds. The van der Waals surface area contributed by atoms with Crippen molar-refractivity contribution in [1.29, 1.82) is 0 Å².